The zero-order valence-corrected chi connectivity index (χ0v) is 15.4. The van der Waals surface area contributed by atoms with E-state index < -0.39 is 0 Å². The molecule has 126 valence electrons. The normalized spacial score (nSPS) is 18.7. The third kappa shape index (κ3) is 2.64. The van der Waals surface area contributed by atoms with Gasteiger partial charge in [-0.3, -0.25) is 0 Å². The molecule has 0 radical (unpaired) electrons. The van der Waals surface area contributed by atoms with Gasteiger partial charge < -0.3 is 14.3 Å². The fourth-order valence-electron chi connectivity index (χ4n) is 2.99. The fourth-order valence-corrected chi connectivity index (χ4v) is 2.99. The summed E-state index contributed by atoms with van der Waals surface area (Å²) in [7, 11) is -0.317. The molecule has 3 nitrogen and oxygen atoms in total. The maximum atomic E-state index is 6.16. The Labute approximate surface area is 144 Å². The van der Waals surface area contributed by atoms with Crippen LogP contribution in [0.15, 0.2) is 42.5 Å². The van der Waals surface area contributed by atoms with E-state index in [0.29, 0.717) is 0 Å². The topological polar surface area (TPSA) is 34.2 Å². The van der Waals surface area contributed by atoms with Gasteiger partial charge in [-0.15, -0.1) is 0 Å². The first-order valence-corrected chi connectivity index (χ1v) is 8.73. The quantitative estimate of drug-likeness (QED) is 0.662. The average molecular weight is 323 g/mol. The van der Waals surface area contributed by atoms with Crippen molar-refractivity contribution >= 4 is 34.4 Å². The first-order chi connectivity index (χ1) is 11.4. The van der Waals surface area contributed by atoms with E-state index in [-0.39, 0.29) is 18.3 Å². The Bertz CT molecular complexity index is 850. The van der Waals surface area contributed by atoms with Crippen molar-refractivity contribution in [2.45, 2.75) is 52.7 Å². The summed E-state index contributed by atoms with van der Waals surface area (Å²) in [5, 5.41) is 2.44. The summed E-state index contributed by atoms with van der Waals surface area (Å²) in [5.41, 5.74) is 2.74. The number of rotatable bonds is 1. The van der Waals surface area contributed by atoms with Crippen molar-refractivity contribution in [3.05, 3.63) is 42.5 Å². The van der Waals surface area contributed by atoms with Crippen LogP contribution >= 0.6 is 0 Å². The predicted molar refractivity (Wildman–Crippen MR) is 103 cm³/mol. The summed E-state index contributed by atoms with van der Waals surface area (Å²) in [6.07, 6.45) is 0. The lowest BCUT2D eigenvalue weighted by atomic mass is 9.78. The lowest BCUT2D eigenvalue weighted by Gasteiger charge is -2.32. The van der Waals surface area contributed by atoms with E-state index in [4.69, 9.17) is 9.31 Å². The van der Waals surface area contributed by atoms with E-state index in [1.165, 1.54) is 10.8 Å². The minimum absolute atomic E-state index is 0.313. The van der Waals surface area contributed by atoms with Crippen LogP contribution in [0.25, 0.3) is 21.8 Å². The average Bonchev–Trinajstić information content (AvgIpc) is 3.03. The van der Waals surface area contributed by atoms with Gasteiger partial charge in [-0.05, 0) is 45.3 Å². The molecule has 24 heavy (non-hydrogen) atoms. The van der Waals surface area contributed by atoms with Crippen LogP contribution in [0.4, 0.5) is 0 Å². The van der Waals surface area contributed by atoms with Gasteiger partial charge in [0.1, 0.15) is 0 Å². The molecule has 0 saturated carbocycles. The Morgan fingerprint density at radius 1 is 0.792 bits per heavy atom. The van der Waals surface area contributed by atoms with Crippen LogP contribution in [0.3, 0.4) is 0 Å². The number of nitrogens with one attached hydrogen (secondary N) is 1. The largest absolute Gasteiger partial charge is 0.494 e. The molecule has 1 fully saturated rings. The molecule has 0 unspecified atom stereocenters. The van der Waals surface area contributed by atoms with Crippen molar-refractivity contribution in [2.24, 2.45) is 0 Å². The zero-order valence-electron chi connectivity index (χ0n) is 15.4. The molecule has 3 aromatic rings. The van der Waals surface area contributed by atoms with Gasteiger partial charge in [0.05, 0.1) is 11.2 Å². The summed E-state index contributed by atoms with van der Waals surface area (Å²) in [5.74, 6) is 0. The highest BCUT2D eigenvalue weighted by Gasteiger charge is 2.51. The number of benzene rings is 2. The Kier molecular flexibility index (Phi) is 4.22. The van der Waals surface area contributed by atoms with Gasteiger partial charge in [0.25, 0.3) is 0 Å². The third-order valence-electron chi connectivity index (χ3n) is 5.06. The first-order valence-electron chi connectivity index (χ1n) is 8.73. The van der Waals surface area contributed by atoms with Crippen LogP contribution in [0, 0.1) is 0 Å². The minimum Gasteiger partial charge on any atom is -0.399 e. The molecule has 0 aliphatic carbocycles. The highest BCUT2D eigenvalue weighted by atomic mass is 16.7. The second-order valence-electron chi connectivity index (χ2n) is 7.06. The van der Waals surface area contributed by atoms with Gasteiger partial charge in [0.15, 0.2) is 0 Å². The highest BCUT2D eigenvalue weighted by Crippen LogP contribution is 2.36. The van der Waals surface area contributed by atoms with Gasteiger partial charge in [-0.25, -0.2) is 0 Å². The molecule has 0 atom stereocenters. The Morgan fingerprint density at radius 2 is 1.38 bits per heavy atom. The SMILES string of the molecule is CC.CC1(C)OB(c2ccc3[nH]c4ccccc4c3c2)OC1(C)C. The standard InChI is InChI=1S/C18H20BNO2.C2H6/c1-17(2)18(3,4)22-19(21-17)12-9-10-16-14(11-12)13-7-5-6-8-15(13)20-16;1-2/h5-11,20H,1-4H3;1-2H3. The molecule has 4 heteroatoms. The van der Waals surface area contributed by atoms with E-state index in [9.17, 15) is 0 Å². The van der Waals surface area contributed by atoms with Gasteiger partial charge in [0.2, 0.25) is 0 Å². The van der Waals surface area contributed by atoms with E-state index >= 15 is 0 Å². The number of para-hydroxylation sites is 1. The van der Waals surface area contributed by atoms with Crippen LogP contribution in [-0.4, -0.2) is 23.3 Å². The Hall–Kier alpha value is -1.78. The number of fused-ring (bicyclic) bond motifs is 3. The van der Waals surface area contributed by atoms with Crippen molar-refractivity contribution in [1.29, 1.82) is 0 Å². The van der Waals surface area contributed by atoms with Crippen molar-refractivity contribution in [1.82, 2.24) is 4.98 Å². The molecule has 1 aliphatic heterocycles. The van der Waals surface area contributed by atoms with E-state index in [1.807, 2.05) is 19.9 Å². The molecule has 2 aromatic carbocycles. The van der Waals surface area contributed by atoms with Gasteiger partial charge in [-0.2, -0.15) is 0 Å². The second-order valence-corrected chi connectivity index (χ2v) is 7.06. The highest BCUT2D eigenvalue weighted by molar-refractivity contribution is 6.62. The van der Waals surface area contributed by atoms with Crippen molar-refractivity contribution in [3.8, 4) is 0 Å². The molecular formula is C20H26BNO2. The summed E-state index contributed by atoms with van der Waals surface area (Å²) in [4.78, 5) is 3.45. The number of H-pyrrole nitrogens is 1. The van der Waals surface area contributed by atoms with E-state index in [1.54, 1.807) is 0 Å². The lowest BCUT2D eigenvalue weighted by molar-refractivity contribution is 0.00578. The fraction of sp³-hybridized carbons (Fsp3) is 0.400. The molecule has 0 amide bonds. The molecule has 0 bridgehead atoms. The first kappa shape index (κ1) is 17.1. The smallest absolute Gasteiger partial charge is 0.399 e. The van der Waals surface area contributed by atoms with Crippen LogP contribution < -0.4 is 5.46 Å². The molecule has 4 rings (SSSR count). The van der Waals surface area contributed by atoms with Crippen molar-refractivity contribution in [2.75, 3.05) is 0 Å². The molecule has 2 heterocycles. The molecule has 1 N–H and O–H groups in total. The number of aromatic nitrogens is 1. The maximum Gasteiger partial charge on any atom is 0.494 e. The van der Waals surface area contributed by atoms with Gasteiger partial charge in [-0.1, -0.05) is 44.2 Å². The summed E-state index contributed by atoms with van der Waals surface area (Å²) in [6, 6.07) is 14.7. The van der Waals surface area contributed by atoms with Crippen molar-refractivity contribution < 1.29 is 9.31 Å². The lowest BCUT2D eigenvalue weighted by Crippen LogP contribution is -2.41. The summed E-state index contributed by atoms with van der Waals surface area (Å²) in [6.45, 7) is 12.3. The monoisotopic (exact) mass is 323 g/mol. The van der Waals surface area contributed by atoms with Gasteiger partial charge in [0, 0.05) is 21.8 Å². The molecular weight excluding hydrogens is 297 g/mol. The van der Waals surface area contributed by atoms with Crippen LogP contribution in [0.1, 0.15) is 41.5 Å². The van der Waals surface area contributed by atoms with Crippen LogP contribution in [0.2, 0.25) is 0 Å². The predicted octanol–water partition coefficient (Wildman–Crippen LogP) is 4.65. The maximum absolute atomic E-state index is 6.16. The summed E-state index contributed by atoms with van der Waals surface area (Å²) < 4.78 is 12.3. The number of hydrogen-bond donors (Lipinski definition) is 1. The minimum atomic E-state index is -0.317. The molecule has 1 saturated heterocycles. The van der Waals surface area contributed by atoms with Crippen molar-refractivity contribution in [3.63, 3.8) is 0 Å². The van der Waals surface area contributed by atoms with Crippen LogP contribution in [-0.2, 0) is 9.31 Å². The van der Waals surface area contributed by atoms with E-state index in [2.05, 4.69) is 69.1 Å². The number of aromatic amines is 1. The zero-order chi connectivity index (χ0) is 17.5. The molecule has 1 aromatic heterocycles. The Morgan fingerprint density at radius 3 is 2.04 bits per heavy atom. The summed E-state index contributed by atoms with van der Waals surface area (Å²) >= 11 is 0. The van der Waals surface area contributed by atoms with Crippen LogP contribution in [0.5, 0.6) is 0 Å². The second kappa shape index (κ2) is 5.94. The number of hydrogen-bond acceptors (Lipinski definition) is 2. The van der Waals surface area contributed by atoms with Gasteiger partial charge >= 0.3 is 7.12 Å². The van der Waals surface area contributed by atoms with E-state index in [0.717, 1.165) is 16.5 Å². The molecule has 1 aliphatic rings. The Balaban J connectivity index is 0.000000815. The molecule has 0 spiro atoms. The third-order valence-corrected chi connectivity index (χ3v) is 5.06.